The molecule has 0 bridgehead atoms. The molecule has 0 atom stereocenters. The highest BCUT2D eigenvalue weighted by atomic mass is 35.5. The quantitative estimate of drug-likeness (QED) is 0.221. The summed E-state index contributed by atoms with van der Waals surface area (Å²) in [5.74, 6) is -0.0768. The van der Waals surface area contributed by atoms with Crippen molar-refractivity contribution < 1.29 is 28.9 Å². The summed E-state index contributed by atoms with van der Waals surface area (Å²) in [6.07, 6.45) is 1.01. The van der Waals surface area contributed by atoms with Crippen LogP contribution < -0.4 is 4.74 Å². The SMILES string of the molecule is COC(=O)c1c(CCCOC(C)=O)c2ccc(Cl)c(-c3c(C)nn(Cc4ccc(OC)cc4)c3CO)c2n1C. The Morgan fingerprint density at radius 1 is 1.08 bits per heavy atom. The maximum atomic E-state index is 12.9. The molecule has 1 N–H and O–H groups in total. The number of benzene rings is 2. The zero-order valence-electron chi connectivity index (χ0n) is 22.7. The minimum absolute atomic E-state index is 0.235. The molecule has 206 valence electrons. The number of methoxy groups -OCH3 is 2. The maximum Gasteiger partial charge on any atom is 0.354 e. The van der Waals surface area contributed by atoms with Crippen LogP contribution in [-0.2, 0) is 40.9 Å². The third kappa shape index (κ3) is 5.51. The van der Waals surface area contributed by atoms with E-state index in [2.05, 4.69) is 0 Å². The number of esters is 2. The lowest BCUT2D eigenvalue weighted by Gasteiger charge is -2.12. The van der Waals surface area contributed by atoms with Crippen molar-refractivity contribution in [1.82, 2.24) is 14.3 Å². The molecule has 0 saturated heterocycles. The van der Waals surface area contributed by atoms with E-state index >= 15 is 0 Å². The van der Waals surface area contributed by atoms with E-state index in [0.717, 1.165) is 27.8 Å². The van der Waals surface area contributed by atoms with E-state index in [1.807, 2.05) is 37.3 Å². The minimum Gasteiger partial charge on any atom is -0.497 e. The van der Waals surface area contributed by atoms with Gasteiger partial charge in [0.1, 0.15) is 11.4 Å². The number of rotatable bonds is 10. The molecule has 2 aromatic heterocycles. The van der Waals surface area contributed by atoms with E-state index in [0.29, 0.717) is 52.6 Å². The predicted octanol–water partition coefficient (Wildman–Crippen LogP) is 4.84. The molecular weight excluding hydrogens is 522 g/mol. The third-order valence-corrected chi connectivity index (χ3v) is 7.10. The summed E-state index contributed by atoms with van der Waals surface area (Å²) in [5, 5.41) is 16.5. The number of halogens is 1. The number of nitrogens with zero attached hydrogens (tertiary/aromatic N) is 3. The standard InChI is InChI=1S/C29H32ClN3O6/c1-17-25(24(16-34)33(31-17)15-19-8-10-20(37-4)11-9-19)26-23(30)13-12-22-21(7-6-14-39-18(2)35)28(29(36)38-5)32(3)27(22)26/h8-13,34H,6-7,14-16H2,1-5H3. The fraction of sp³-hybridized carbons (Fsp3) is 0.345. The molecule has 2 heterocycles. The van der Waals surface area contributed by atoms with Crippen LogP contribution in [0.2, 0.25) is 5.02 Å². The Hall–Kier alpha value is -3.82. The lowest BCUT2D eigenvalue weighted by Crippen LogP contribution is -2.11. The Balaban J connectivity index is 1.87. The second kappa shape index (κ2) is 11.9. The van der Waals surface area contributed by atoms with Crippen molar-refractivity contribution in [1.29, 1.82) is 0 Å². The molecule has 39 heavy (non-hydrogen) atoms. The maximum absolute atomic E-state index is 12.9. The number of aliphatic hydroxyl groups excluding tert-OH is 1. The molecule has 0 aliphatic heterocycles. The molecule has 4 rings (SSSR count). The number of carbonyl (C=O) groups excluding carboxylic acids is 2. The van der Waals surface area contributed by atoms with E-state index < -0.39 is 5.97 Å². The molecule has 2 aromatic carbocycles. The number of fused-ring (bicyclic) bond motifs is 1. The van der Waals surface area contributed by atoms with Gasteiger partial charge in [0.25, 0.3) is 0 Å². The van der Waals surface area contributed by atoms with Crippen LogP contribution in [0.25, 0.3) is 22.0 Å². The van der Waals surface area contributed by atoms with Crippen LogP contribution in [0.1, 0.15) is 46.3 Å². The fourth-order valence-electron chi connectivity index (χ4n) is 5.06. The van der Waals surface area contributed by atoms with E-state index in [4.69, 9.17) is 30.9 Å². The summed E-state index contributed by atoms with van der Waals surface area (Å²) in [7, 11) is 4.75. The zero-order valence-corrected chi connectivity index (χ0v) is 23.5. The normalized spacial score (nSPS) is 11.2. The zero-order chi connectivity index (χ0) is 28.3. The summed E-state index contributed by atoms with van der Waals surface area (Å²) in [6, 6.07) is 11.3. The van der Waals surface area contributed by atoms with Gasteiger partial charge in [0.05, 0.1) is 55.9 Å². The number of hydrogen-bond acceptors (Lipinski definition) is 7. The first kappa shape index (κ1) is 28.2. The van der Waals surface area contributed by atoms with Gasteiger partial charge in [-0.05, 0) is 49.1 Å². The number of hydrogen-bond donors (Lipinski definition) is 1. The van der Waals surface area contributed by atoms with Crippen LogP contribution >= 0.6 is 11.6 Å². The molecule has 9 nitrogen and oxygen atoms in total. The van der Waals surface area contributed by atoms with Gasteiger partial charge in [0, 0.05) is 30.5 Å². The predicted molar refractivity (Wildman–Crippen MR) is 148 cm³/mol. The Morgan fingerprint density at radius 2 is 1.79 bits per heavy atom. The summed E-state index contributed by atoms with van der Waals surface area (Å²) in [6.45, 7) is 3.65. The largest absolute Gasteiger partial charge is 0.497 e. The topological polar surface area (TPSA) is 105 Å². The number of carbonyl (C=O) groups is 2. The van der Waals surface area contributed by atoms with Gasteiger partial charge in [-0.1, -0.05) is 29.8 Å². The van der Waals surface area contributed by atoms with Gasteiger partial charge in [-0.2, -0.15) is 5.10 Å². The summed E-state index contributed by atoms with van der Waals surface area (Å²) < 4.78 is 19.0. The molecule has 0 fully saturated rings. The van der Waals surface area contributed by atoms with Crippen molar-refractivity contribution in [2.75, 3.05) is 20.8 Å². The highest BCUT2D eigenvalue weighted by Gasteiger charge is 2.28. The molecule has 0 saturated carbocycles. The molecule has 0 aliphatic rings. The molecule has 10 heteroatoms. The van der Waals surface area contributed by atoms with Crippen LogP contribution in [0, 0.1) is 6.92 Å². The second-order valence-corrected chi connectivity index (χ2v) is 9.62. The van der Waals surface area contributed by atoms with Crippen LogP contribution in [0.3, 0.4) is 0 Å². The van der Waals surface area contributed by atoms with Gasteiger partial charge in [-0.25, -0.2) is 4.79 Å². The molecule has 4 aromatic rings. The van der Waals surface area contributed by atoms with E-state index in [1.54, 1.807) is 29.5 Å². The Labute approximate surface area is 231 Å². The number of aromatic nitrogens is 3. The summed E-state index contributed by atoms with van der Waals surface area (Å²) in [5.41, 5.74) is 5.58. The Kier molecular flexibility index (Phi) is 8.62. The number of aryl methyl sites for hydroxylation is 3. The van der Waals surface area contributed by atoms with Gasteiger partial charge >= 0.3 is 11.9 Å². The van der Waals surface area contributed by atoms with Crippen LogP contribution in [0.5, 0.6) is 5.75 Å². The van der Waals surface area contributed by atoms with E-state index in [-0.39, 0.29) is 19.2 Å². The molecule has 0 amide bonds. The van der Waals surface area contributed by atoms with Crippen molar-refractivity contribution in [3.63, 3.8) is 0 Å². The van der Waals surface area contributed by atoms with Gasteiger partial charge in [0.2, 0.25) is 0 Å². The first-order valence-corrected chi connectivity index (χ1v) is 12.9. The lowest BCUT2D eigenvalue weighted by molar-refractivity contribution is -0.141. The molecule has 0 aliphatic carbocycles. The van der Waals surface area contributed by atoms with Crippen molar-refractivity contribution in [2.24, 2.45) is 7.05 Å². The fourth-order valence-corrected chi connectivity index (χ4v) is 5.31. The van der Waals surface area contributed by atoms with E-state index in [1.165, 1.54) is 14.0 Å². The van der Waals surface area contributed by atoms with Crippen molar-refractivity contribution >= 4 is 34.4 Å². The minimum atomic E-state index is -0.479. The van der Waals surface area contributed by atoms with Gasteiger partial charge < -0.3 is 23.9 Å². The van der Waals surface area contributed by atoms with Gasteiger partial charge in [-0.3, -0.25) is 9.48 Å². The average molecular weight is 554 g/mol. The third-order valence-electron chi connectivity index (χ3n) is 6.79. The van der Waals surface area contributed by atoms with Crippen molar-refractivity contribution in [3.05, 3.63) is 69.6 Å². The number of aliphatic hydroxyl groups is 1. The molecule has 0 spiro atoms. The van der Waals surface area contributed by atoms with Gasteiger partial charge in [-0.15, -0.1) is 0 Å². The Bertz CT molecular complexity index is 1520. The Morgan fingerprint density at radius 3 is 2.41 bits per heavy atom. The summed E-state index contributed by atoms with van der Waals surface area (Å²) in [4.78, 5) is 24.1. The molecule has 0 radical (unpaired) electrons. The smallest absolute Gasteiger partial charge is 0.354 e. The highest BCUT2D eigenvalue weighted by Crippen LogP contribution is 2.42. The van der Waals surface area contributed by atoms with Crippen molar-refractivity contribution in [3.8, 4) is 16.9 Å². The first-order chi connectivity index (χ1) is 18.7. The lowest BCUT2D eigenvalue weighted by atomic mass is 9.98. The van der Waals surface area contributed by atoms with Crippen LogP contribution in [0.4, 0.5) is 0 Å². The molecule has 0 unspecified atom stereocenters. The van der Waals surface area contributed by atoms with E-state index in [9.17, 15) is 14.7 Å². The number of ether oxygens (including phenoxy) is 3. The summed E-state index contributed by atoms with van der Waals surface area (Å²) >= 11 is 6.83. The first-order valence-electron chi connectivity index (χ1n) is 12.5. The van der Waals surface area contributed by atoms with Gasteiger partial charge in [0.15, 0.2) is 0 Å². The average Bonchev–Trinajstić information content (AvgIpc) is 3.38. The molecular formula is C29H32ClN3O6. The van der Waals surface area contributed by atoms with Crippen molar-refractivity contribution in [2.45, 2.75) is 39.8 Å². The second-order valence-electron chi connectivity index (χ2n) is 9.21. The monoisotopic (exact) mass is 553 g/mol. The van der Waals surface area contributed by atoms with Crippen LogP contribution in [-0.4, -0.2) is 52.2 Å². The highest BCUT2D eigenvalue weighted by molar-refractivity contribution is 6.35. The van der Waals surface area contributed by atoms with Crippen LogP contribution in [0.15, 0.2) is 36.4 Å².